The molecule has 0 unspecified atom stereocenters. The average molecular weight is 264 g/mol. The fourth-order valence-electron chi connectivity index (χ4n) is 1.95. The Morgan fingerprint density at radius 2 is 1.53 bits per heavy atom. The summed E-state index contributed by atoms with van der Waals surface area (Å²) in [5.41, 5.74) is -1.11. The number of carbonyl (C=O) groups is 2. The number of benzene rings is 1. The minimum atomic E-state index is -1.59. The number of carbonyl (C=O) groups excluding carboxylic acids is 2. The summed E-state index contributed by atoms with van der Waals surface area (Å²) >= 11 is 0. The molecule has 1 aromatic rings. The van der Waals surface area contributed by atoms with Crippen LogP contribution < -0.4 is 10.6 Å². The van der Waals surface area contributed by atoms with Crippen LogP contribution in [0.1, 0.15) is 19.4 Å². The van der Waals surface area contributed by atoms with Crippen LogP contribution in [0.15, 0.2) is 30.3 Å². The first-order chi connectivity index (χ1) is 9.13. The normalized spacial score (nSPS) is 10.9. The predicted octanol–water partition coefficient (Wildman–Crippen LogP) is 0.189. The van der Waals surface area contributed by atoms with Crippen molar-refractivity contribution in [3.05, 3.63) is 35.9 Å². The Morgan fingerprint density at radius 1 is 1.05 bits per heavy atom. The lowest BCUT2D eigenvalue weighted by Gasteiger charge is -2.29. The van der Waals surface area contributed by atoms with Crippen LogP contribution in [-0.4, -0.2) is 36.6 Å². The molecule has 0 fully saturated rings. The van der Waals surface area contributed by atoms with Gasteiger partial charge in [-0.3, -0.25) is 9.59 Å². The molecule has 0 aliphatic heterocycles. The zero-order valence-corrected chi connectivity index (χ0v) is 11.3. The van der Waals surface area contributed by atoms with Crippen molar-refractivity contribution in [3.8, 4) is 0 Å². The number of aliphatic hydroxyl groups excluding tert-OH is 1. The summed E-state index contributed by atoms with van der Waals surface area (Å²) in [6.07, 6.45) is 0. The lowest BCUT2D eigenvalue weighted by Crippen LogP contribution is -2.57. The van der Waals surface area contributed by atoms with E-state index >= 15 is 0 Å². The molecule has 1 aromatic carbocycles. The van der Waals surface area contributed by atoms with Gasteiger partial charge in [0.2, 0.25) is 11.8 Å². The number of nitrogens with one attached hydrogen (secondary N) is 2. The van der Waals surface area contributed by atoms with Gasteiger partial charge in [-0.1, -0.05) is 30.3 Å². The minimum Gasteiger partial charge on any atom is -0.394 e. The van der Waals surface area contributed by atoms with Gasteiger partial charge in [0.05, 0.1) is 6.61 Å². The predicted molar refractivity (Wildman–Crippen MR) is 72.6 cm³/mol. The largest absolute Gasteiger partial charge is 0.394 e. The van der Waals surface area contributed by atoms with E-state index in [-0.39, 0.29) is 0 Å². The molecule has 3 N–H and O–H groups in total. The molecule has 2 amide bonds. The molecule has 0 radical (unpaired) electrons. The molecular weight excluding hydrogens is 244 g/mol. The van der Waals surface area contributed by atoms with Gasteiger partial charge in [0.25, 0.3) is 0 Å². The monoisotopic (exact) mass is 264 g/mol. The van der Waals surface area contributed by atoms with E-state index in [0.29, 0.717) is 18.7 Å². The lowest BCUT2D eigenvalue weighted by atomic mass is 9.79. The summed E-state index contributed by atoms with van der Waals surface area (Å²) < 4.78 is 0. The van der Waals surface area contributed by atoms with E-state index in [2.05, 4.69) is 10.6 Å². The Morgan fingerprint density at radius 3 is 1.89 bits per heavy atom. The molecule has 5 heteroatoms. The minimum absolute atomic E-state index is 0.396. The standard InChI is InChI=1S/C14H20N2O3/c1-3-15-12(18)14(10-17,13(19)16-4-2)11-8-6-5-7-9-11/h5-9,17H,3-4,10H2,1-2H3,(H,15,18)(H,16,19). The van der Waals surface area contributed by atoms with E-state index in [1.807, 2.05) is 0 Å². The molecule has 0 aliphatic carbocycles. The highest BCUT2D eigenvalue weighted by Crippen LogP contribution is 2.24. The van der Waals surface area contributed by atoms with Crippen LogP contribution in [0, 0.1) is 0 Å². The maximum atomic E-state index is 12.3. The Labute approximate surface area is 113 Å². The molecule has 0 heterocycles. The molecule has 5 nitrogen and oxygen atoms in total. The van der Waals surface area contributed by atoms with Crippen molar-refractivity contribution in [2.75, 3.05) is 19.7 Å². The highest BCUT2D eigenvalue weighted by Gasteiger charge is 2.46. The van der Waals surface area contributed by atoms with Crippen molar-refractivity contribution in [2.45, 2.75) is 19.3 Å². The van der Waals surface area contributed by atoms with Crippen molar-refractivity contribution < 1.29 is 14.7 Å². The van der Waals surface area contributed by atoms with Gasteiger partial charge in [0, 0.05) is 13.1 Å². The van der Waals surface area contributed by atoms with Gasteiger partial charge in [-0.15, -0.1) is 0 Å². The number of aliphatic hydroxyl groups is 1. The molecule has 1 rings (SSSR count). The second kappa shape index (κ2) is 6.89. The van der Waals surface area contributed by atoms with E-state index < -0.39 is 23.8 Å². The first kappa shape index (κ1) is 15.2. The van der Waals surface area contributed by atoms with E-state index in [0.717, 1.165) is 0 Å². The van der Waals surface area contributed by atoms with Crippen LogP contribution in [0.2, 0.25) is 0 Å². The molecule has 0 saturated carbocycles. The van der Waals surface area contributed by atoms with Crippen molar-refractivity contribution in [2.24, 2.45) is 0 Å². The molecule has 19 heavy (non-hydrogen) atoms. The van der Waals surface area contributed by atoms with Gasteiger partial charge >= 0.3 is 0 Å². The van der Waals surface area contributed by atoms with Crippen molar-refractivity contribution >= 4 is 11.8 Å². The van der Waals surface area contributed by atoms with Crippen LogP contribution >= 0.6 is 0 Å². The number of likely N-dealkylation sites (N-methyl/N-ethyl adjacent to an activating group) is 2. The Bertz CT molecular complexity index is 414. The summed E-state index contributed by atoms with van der Waals surface area (Å²) in [7, 11) is 0. The van der Waals surface area contributed by atoms with E-state index in [1.165, 1.54) is 0 Å². The van der Waals surface area contributed by atoms with E-state index in [9.17, 15) is 14.7 Å². The van der Waals surface area contributed by atoms with Crippen molar-refractivity contribution in [1.29, 1.82) is 0 Å². The number of hydrogen-bond donors (Lipinski definition) is 3. The first-order valence-electron chi connectivity index (χ1n) is 6.36. The van der Waals surface area contributed by atoms with Crippen molar-refractivity contribution in [3.63, 3.8) is 0 Å². The summed E-state index contributed by atoms with van der Waals surface area (Å²) in [6.45, 7) is 3.75. The van der Waals surface area contributed by atoms with Crippen LogP contribution in [0.3, 0.4) is 0 Å². The third kappa shape index (κ3) is 2.93. The third-order valence-corrected chi connectivity index (χ3v) is 2.95. The Balaban J connectivity index is 3.29. The summed E-state index contributed by atoms with van der Waals surface area (Å²) in [6, 6.07) is 8.60. The van der Waals surface area contributed by atoms with Gasteiger partial charge < -0.3 is 15.7 Å². The molecule has 0 saturated heterocycles. The van der Waals surface area contributed by atoms with Crippen LogP contribution in [0.5, 0.6) is 0 Å². The molecule has 104 valence electrons. The maximum Gasteiger partial charge on any atom is 0.242 e. The van der Waals surface area contributed by atoms with E-state index in [1.54, 1.807) is 44.2 Å². The summed E-state index contributed by atoms with van der Waals surface area (Å²) in [4.78, 5) is 24.6. The smallest absolute Gasteiger partial charge is 0.242 e. The van der Waals surface area contributed by atoms with Gasteiger partial charge in [-0.2, -0.15) is 0 Å². The van der Waals surface area contributed by atoms with Crippen LogP contribution in [0.4, 0.5) is 0 Å². The van der Waals surface area contributed by atoms with E-state index in [4.69, 9.17) is 0 Å². The topological polar surface area (TPSA) is 78.4 Å². The number of hydrogen-bond acceptors (Lipinski definition) is 3. The fraction of sp³-hybridized carbons (Fsp3) is 0.429. The van der Waals surface area contributed by atoms with Crippen molar-refractivity contribution in [1.82, 2.24) is 10.6 Å². The molecule has 0 aliphatic rings. The highest BCUT2D eigenvalue weighted by molar-refractivity contribution is 6.11. The zero-order valence-electron chi connectivity index (χ0n) is 11.3. The fourth-order valence-corrected chi connectivity index (χ4v) is 1.95. The summed E-state index contributed by atoms with van der Waals surface area (Å²) in [5, 5.41) is 14.9. The Hall–Kier alpha value is -1.88. The molecule has 0 bridgehead atoms. The number of rotatable bonds is 6. The van der Waals surface area contributed by atoms with Gasteiger partial charge in [-0.05, 0) is 19.4 Å². The second-order valence-corrected chi connectivity index (χ2v) is 4.15. The SMILES string of the molecule is CCNC(=O)C(CO)(C(=O)NCC)c1ccccc1. The highest BCUT2D eigenvalue weighted by atomic mass is 16.3. The molecular formula is C14H20N2O3. The number of amides is 2. The lowest BCUT2D eigenvalue weighted by molar-refractivity contribution is -0.139. The molecule has 0 atom stereocenters. The Kier molecular flexibility index (Phi) is 5.51. The quantitative estimate of drug-likeness (QED) is 0.642. The second-order valence-electron chi connectivity index (χ2n) is 4.15. The van der Waals surface area contributed by atoms with Crippen LogP contribution in [0.25, 0.3) is 0 Å². The average Bonchev–Trinajstić information content (AvgIpc) is 2.42. The van der Waals surface area contributed by atoms with Gasteiger partial charge in [-0.25, -0.2) is 0 Å². The van der Waals surface area contributed by atoms with Gasteiger partial charge in [0.1, 0.15) is 0 Å². The molecule has 0 aromatic heterocycles. The third-order valence-electron chi connectivity index (χ3n) is 2.95. The maximum absolute atomic E-state index is 12.3. The molecule has 0 spiro atoms. The van der Waals surface area contributed by atoms with Gasteiger partial charge in [0.15, 0.2) is 5.41 Å². The van der Waals surface area contributed by atoms with Crippen LogP contribution in [-0.2, 0) is 15.0 Å². The zero-order chi connectivity index (χ0) is 14.3. The summed E-state index contributed by atoms with van der Waals surface area (Å²) in [5.74, 6) is -0.982. The first-order valence-corrected chi connectivity index (χ1v) is 6.36.